The molecule has 0 radical (unpaired) electrons. The van der Waals surface area contributed by atoms with Crippen molar-refractivity contribution in [1.29, 1.82) is 0 Å². The van der Waals surface area contributed by atoms with Gasteiger partial charge in [0, 0.05) is 9.50 Å². The van der Waals surface area contributed by atoms with Gasteiger partial charge >= 0.3 is 0 Å². The van der Waals surface area contributed by atoms with E-state index in [1.807, 2.05) is 24.3 Å². The fourth-order valence-electron chi connectivity index (χ4n) is 1.68. The number of nitrogens with one attached hydrogen (secondary N) is 1. The van der Waals surface area contributed by atoms with Crippen molar-refractivity contribution in [2.45, 2.75) is 12.5 Å². The summed E-state index contributed by atoms with van der Waals surface area (Å²) in [7, 11) is 0. The van der Waals surface area contributed by atoms with E-state index >= 15 is 0 Å². The molecule has 0 aliphatic carbocycles. The quantitative estimate of drug-likeness (QED) is 0.671. The average Bonchev–Trinajstić information content (AvgIpc) is 2.82. The Hall–Kier alpha value is -0.810. The van der Waals surface area contributed by atoms with Crippen LogP contribution >= 0.6 is 27.5 Å². The topological polar surface area (TPSA) is 51.2 Å². The number of nitrogens with two attached hydrogens (primary N) is 1. The van der Waals surface area contributed by atoms with Crippen LogP contribution in [0.25, 0.3) is 0 Å². The van der Waals surface area contributed by atoms with Crippen molar-refractivity contribution in [3.63, 3.8) is 0 Å². The lowest BCUT2D eigenvalue weighted by Gasteiger charge is -2.17. The predicted molar refractivity (Wildman–Crippen MR) is 71.6 cm³/mol. The zero-order valence-corrected chi connectivity index (χ0v) is 11.3. The number of benzene rings is 1. The van der Waals surface area contributed by atoms with Crippen molar-refractivity contribution in [2.75, 3.05) is 0 Å². The molecule has 5 heteroatoms. The van der Waals surface area contributed by atoms with Gasteiger partial charge in [0.2, 0.25) is 0 Å². The van der Waals surface area contributed by atoms with Crippen LogP contribution in [0.4, 0.5) is 0 Å². The maximum atomic E-state index is 5.99. The van der Waals surface area contributed by atoms with Crippen LogP contribution in [0.1, 0.15) is 17.2 Å². The van der Waals surface area contributed by atoms with Crippen LogP contribution < -0.4 is 11.3 Å². The molecule has 0 aliphatic rings. The standard InChI is InChI=1S/C12H12BrClN2O/c13-11-2-1-9(14)6-10(11)12(16-15)5-8-3-4-17-7-8/h1-4,6-7,12,16H,5,15H2. The number of furan rings is 1. The number of halogens is 2. The molecule has 0 saturated carbocycles. The SMILES string of the molecule is NNC(Cc1ccoc1)c1cc(Cl)ccc1Br. The third-order valence-corrected chi connectivity index (χ3v) is 3.51. The molecule has 0 bridgehead atoms. The highest BCUT2D eigenvalue weighted by Gasteiger charge is 2.14. The molecule has 17 heavy (non-hydrogen) atoms. The summed E-state index contributed by atoms with van der Waals surface area (Å²) in [6, 6.07) is 7.55. The first-order valence-corrected chi connectivity index (χ1v) is 6.30. The van der Waals surface area contributed by atoms with Gasteiger partial charge in [-0.05, 0) is 41.8 Å². The molecule has 0 fully saturated rings. The largest absolute Gasteiger partial charge is 0.472 e. The fourth-order valence-corrected chi connectivity index (χ4v) is 2.39. The molecule has 3 N–H and O–H groups in total. The Bertz CT molecular complexity index is 487. The van der Waals surface area contributed by atoms with Gasteiger partial charge in [-0.15, -0.1) is 0 Å². The maximum absolute atomic E-state index is 5.99. The molecule has 1 aromatic carbocycles. The van der Waals surface area contributed by atoms with Gasteiger partial charge in [-0.2, -0.15) is 0 Å². The molecule has 0 saturated heterocycles. The van der Waals surface area contributed by atoms with Crippen molar-refractivity contribution in [3.8, 4) is 0 Å². The Kier molecular flexibility index (Phi) is 4.23. The number of hydrogen-bond acceptors (Lipinski definition) is 3. The lowest BCUT2D eigenvalue weighted by Crippen LogP contribution is -2.29. The Morgan fingerprint density at radius 2 is 2.24 bits per heavy atom. The van der Waals surface area contributed by atoms with E-state index in [-0.39, 0.29) is 6.04 Å². The van der Waals surface area contributed by atoms with Crippen LogP contribution in [0.15, 0.2) is 45.7 Å². The predicted octanol–water partition coefficient (Wildman–Crippen LogP) is 3.44. The third-order valence-electron chi connectivity index (χ3n) is 2.55. The Morgan fingerprint density at radius 1 is 1.41 bits per heavy atom. The average molecular weight is 316 g/mol. The van der Waals surface area contributed by atoms with Crippen LogP contribution in [0.5, 0.6) is 0 Å². The smallest absolute Gasteiger partial charge is 0.0935 e. The number of rotatable bonds is 4. The van der Waals surface area contributed by atoms with Gasteiger partial charge < -0.3 is 4.42 Å². The molecule has 1 unspecified atom stereocenters. The molecule has 3 nitrogen and oxygen atoms in total. The molecule has 0 aliphatic heterocycles. The van der Waals surface area contributed by atoms with E-state index in [0.29, 0.717) is 5.02 Å². The van der Waals surface area contributed by atoms with E-state index in [2.05, 4.69) is 21.4 Å². The van der Waals surface area contributed by atoms with Crippen molar-refractivity contribution in [2.24, 2.45) is 5.84 Å². The monoisotopic (exact) mass is 314 g/mol. The summed E-state index contributed by atoms with van der Waals surface area (Å²) in [4.78, 5) is 0. The first-order valence-electron chi connectivity index (χ1n) is 5.13. The normalized spacial score (nSPS) is 12.6. The van der Waals surface area contributed by atoms with Gasteiger partial charge in [-0.1, -0.05) is 27.5 Å². The lowest BCUT2D eigenvalue weighted by atomic mass is 10.0. The van der Waals surface area contributed by atoms with Gasteiger partial charge in [0.15, 0.2) is 0 Å². The summed E-state index contributed by atoms with van der Waals surface area (Å²) in [5.41, 5.74) is 4.91. The Morgan fingerprint density at radius 3 is 2.88 bits per heavy atom. The van der Waals surface area contributed by atoms with Crippen molar-refractivity contribution >= 4 is 27.5 Å². The highest BCUT2D eigenvalue weighted by Crippen LogP contribution is 2.28. The second-order valence-electron chi connectivity index (χ2n) is 3.72. The van der Waals surface area contributed by atoms with Crippen LogP contribution in [-0.4, -0.2) is 0 Å². The molecule has 90 valence electrons. The number of hydrazine groups is 1. The van der Waals surface area contributed by atoms with E-state index < -0.39 is 0 Å². The second-order valence-corrected chi connectivity index (χ2v) is 5.01. The van der Waals surface area contributed by atoms with Crippen LogP contribution in [-0.2, 0) is 6.42 Å². The van der Waals surface area contributed by atoms with Crippen molar-refractivity contribution in [3.05, 3.63) is 57.4 Å². The lowest BCUT2D eigenvalue weighted by molar-refractivity contribution is 0.534. The van der Waals surface area contributed by atoms with Crippen LogP contribution in [0, 0.1) is 0 Å². The highest BCUT2D eigenvalue weighted by atomic mass is 79.9. The van der Waals surface area contributed by atoms with E-state index in [1.54, 1.807) is 12.5 Å². The maximum Gasteiger partial charge on any atom is 0.0935 e. The first-order chi connectivity index (χ1) is 8.20. The van der Waals surface area contributed by atoms with Crippen molar-refractivity contribution < 1.29 is 4.42 Å². The fraction of sp³-hybridized carbons (Fsp3) is 0.167. The van der Waals surface area contributed by atoms with Crippen molar-refractivity contribution in [1.82, 2.24) is 5.43 Å². The van der Waals surface area contributed by atoms with E-state index in [0.717, 1.165) is 22.0 Å². The van der Waals surface area contributed by atoms with E-state index in [1.165, 1.54) is 0 Å². The summed E-state index contributed by atoms with van der Waals surface area (Å²) in [5.74, 6) is 5.60. The summed E-state index contributed by atoms with van der Waals surface area (Å²) in [6.07, 6.45) is 4.10. The molecular weight excluding hydrogens is 304 g/mol. The van der Waals surface area contributed by atoms with Gasteiger partial charge in [-0.25, -0.2) is 0 Å². The minimum Gasteiger partial charge on any atom is -0.472 e. The van der Waals surface area contributed by atoms with Crippen LogP contribution in [0.2, 0.25) is 5.02 Å². The van der Waals surface area contributed by atoms with E-state index in [4.69, 9.17) is 21.9 Å². The van der Waals surface area contributed by atoms with Gasteiger partial charge in [-0.3, -0.25) is 11.3 Å². The second kappa shape index (κ2) is 5.69. The molecule has 1 heterocycles. The Balaban J connectivity index is 2.25. The van der Waals surface area contributed by atoms with Gasteiger partial charge in [0.25, 0.3) is 0 Å². The summed E-state index contributed by atoms with van der Waals surface area (Å²) >= 11 is 9.49. The summed E-state index contributed by atoms with van der Waals surface area (Å²) in [6.45, 7) is 0. The number of hydrogen-bond donors (Lipinski definition) is 2. The molecule has 1 aromatic heterocycles. The zero-order chi connectivity index (χ0) is 12.3. The first kappa shape index (κ1) is 12.6. The molecule has 0 amide bonds. The Labute approximate surface area is 113 Å². The van der Waals surface area contributed by atoms with Crippen LogP contribution in [0.3, 0.4) is 0 Å². The molecule has 2 rings (SSSR count). The molecular formula is C12H12BrClN2O. The minimum atomic E-state index is -0.0133. The van der Waals surface area contributed by atoms with Gasteiger partial charge in [0.05, 0.1) is 18.6 Å². The molecule has 2 aromatic rings. The third kappa shape index (κ3) is 3.10. The molecule has 0 spiro atoms. The van der Waals surface area contributed by atoms with Gasteiger partial charge in [0.1, 0.15) is 0 Å². The zero-order valence-electron chi connectivity index (χ0n) is 8.99. The minimum absolute atomic E-state index is 0.0133. The highest BCUT2D eigenvalue weighted by molar-refractivity contribution is 9.10. The molecule has 1 atom stereocenters. The summed E-state index contributed by atoms with van der Waals surface area (Å²) in [5, 5.41) is 0.690. The van der Waals surface area contributed by atoms with E-state index in [9.17, 15) is 0 Å². The summed E-state index contributed by atoms with van der Waals surface area (Å²) < 4.78 is 6.02.